The molecule has 7 nitrogen and oxygen atoms in total. The molecule has 2 rings (SSSR count). The van der Waals surface area contributed by atoms with E-state index in [-0.39, 0.29) is 36.9 Å². The van der Waals surface area contributed by atoms with E-state index in [0.717, 1.165) is 11.0 Å². The molecule has 118 valence electrons. The minimum atomic E-state index is -0.361. The molecule has 0 saturated heterocycles. The number of imidazole rings is 1. The lowest BCUT2D eigenvalue weighted by Crippen LogP contribution is -2.42. The van der Waals surface area contributed by atoms with Crippen LogP contribution in [0.25, 0.3) is 11.0 Å². The van der Waals surface area contributed by atoms with Gasteiger partial charge in [0.2, 0.25) is 11.8 Å². The number of aromatic amines is 1. The van der Waals surface area contributed by atoms with Crippen LogP contribution in [0, 0.1) is 5.92 Å². The summed E-state index contributed by atoms with van der Waals surface area (Å²) in [6.45, 7) is 3.76. The normalized spacial score (nSPS) is 12.4. The average Bonchev–Trinajstić information content (AvgIpc) is 2.93. The number of aromatic nitrogens is 2. The summed E-state index contributed by atoms with van der Waals surface area (Å²) in [5, 5.41) is 5.33. The number of rotatable bonds is 6. The molecule has 0 aliphatic heterocycles. The fraction of sp³-hybridized carbons (Fsp3) is 0.400. The Morgan fingerprint density at radius 3 is 2.64 bits per heavy atom. The summed E-state index contributed by atoms with van der Waals surface area (Å²) in [6, 6.07) is 7.44. The molecule has 1 unspecified atom stereocenters. The summed E-state index contributed by atoms with van der Waals surface area (Å²) in [6.07, 6.45) is 0. The van der Waals surface area contributed by atoms with Crippen molar-refractivity contribution in [1.82, 2.24) is 20.6 Å². The third-order valence-electron chi connectivity index (χ3n) is 3.32. The lowest BCUT2D eigenvalue weighted by molar-refractivity contribution is -0.126. The molecule has 0 fully saturated rings. The summed E-state index contributed by atoms with van der Waals surface area (Å²) < 4.78 is 0. The first-order chi connectivity index (χ1) is 10.5. The molecule has 7 heteroatoms. The highest BCUT2D eigenvalue weighted by molar-refractivity contribution is 5.85. The number of hydrogen-bond acceptors (Lipinski definition) is 4. The molecule has 2 aromatic rings. The smallest absolute Gasteiger partial charge is 0.239 e. The number of amides is 2. The van der Waals surface area contributed by atoms with E-state index < -0.39 is 0 Å². The van der Waals surface area contributed by atoms with E-state index in [0.29, 0.717) is 5.82 Å². The highest BCUT2D eigenvalue weighted by Gasteiger charge is 2.21. The van der Waals surface area contributed by atoms with Crippen LogP contribution in [-0.4, -0.2) is 34.9 Å². The van der Waals surface area contributed by atoms with Crippen LogP contribution >= 0.6 is 0 Å². The zero-order valence-corrected chi connectivity index (χ0v) is 12.7. The van der Waals surface area contributed by atoms with Crippen molar-refractivity contribution in [1.29, 1.82) is 0 Å². The molecule has 1 aromatic carbocycles. The molecule has 1 atom stereocenters. The SMILES string of the molecule is CC(C)C(NC(=O)CNC(=O)CN)c1nc2ccccc2[nH]1. The predicted molar refractivity (Wildman–Crippen MR) is 83.9 cm³/mol. The van der Waals surface area contributed by atoms with Crippen molar-refractivity contribution in [3.8, 4) is 0 Å². The van der Waals surface area contributed by atoms with Gasteiger partial charge < -0.3 is 21.4 Å². The molecule has 22 heavy (non-hydrogen) atoms. The van der Waals surface area contributed by atoms with Crippen LogP contribution in [-0.2, 0) is 9.59 Å². The molecule has 2 amide bonds. The van der Waals surface area contributed by atoms with E-state index in [1.165, 1.54) is 0 Å². The van der Waals surface area contributed by atoms with Gasteiger partial charge in [0.25, 0.3) is 0 Å². The van der Waals surface area contributed by atoms with Crippen LogP contribution < -0.4 is 16.4 Å². The topological polar surface area (TPSA) is 113 Å². The van der Waals surface area contributed by atoms with Crippen molar-refractivity contribution in [2.75, 3.05) is 13.1 Å². The van der Waals surface area contributed by atoms with Gasteiger partial charge in [-0.3, -0.25) is 9.59 Å². The second kappa shape index (κ2) is 7.04. The first-order valence-electron chi connectivity index (χ1n) is 7.22. The Bertz CT molecular complexity index is 632. The van der Waals surface area contributed by atoms with Crippen molar-refractivity contribution in [3.05, 3.63) is 30.1 Å². The molecule has 1 aromatic heterocycles. The number of benzene rings is 1. The average molecular weight is 303 g/mol. The molecular formula is C15H21N5O2. The van der Waals surface area contributed by atoms with Crippen LogP contribution in [0.5, 0.6) is 0 Å². The number of nitrogens with zero attached hydrogens (tertiary/aromatic N) is 1. The maximum atomic E-state index is 12.0. The Labute approximate surface area is 128 Å². The highest BCUT2D eigenvalue weighted by atomic mass is 16.2. The number of nitrogens with one attached hydrogen (secondary N) is 3. The van der Waals surface area contributed by atoms with Gasteiger partial charge in [-0.2, -0.15) is 0 Å². The molecule has 0 aliphatic rings. The van der Waals surface area contributed by atoms with Crippen molar-refractivity contribution >= 4 is 22.8 Å². The molecule has 5 N–H and O–H groups in total. The summed E-state index contributed by atoms with van der Waals surface area (Å²) in [4.78, 5) is 30.8. The quantitative estimate of drug-likeness (QED) is 0.620. The minimum Gasteiger partial charge on any atom is -0.346 e. The van der Waals surface area contributed by atoms with Gasteiger partial charge in [0.05, 0.1) is 30.2 Å². The molecule has 0 aliphatic carbocycles. The first-order valence-corrected chi connectivity index (χ1v) is 7.22. The van der Waals surface area contributed by atoms with Crippen LogP contribution in [0.15, 0.2) is 24.3 Å². The fourth-order valence-electron chi connectivity index (χ4n) is 2.15. The van der Waals surface area contributed by atoms with Crippen molar-refractivity contribution in [2.24, 2.45) is 11.7 Å². The minimum absolute atomic E-state index is 0.0977. The molecule has 0 saturated carbocycles. The Hall–Kier alpha value is -2.41. The van der Waals surface area contributed by atoms with E-state index in [2.05, 4.69) is 20.6 Å². The molecule has 0 radical (unpaired) electrons. The van der Waals surface area contributed by atoms with Gasteiger partial charge in [0, 0.05) is 0 Å². The van der Waals surface area contributed by atoms with Gasteiger partial charge in [0.1, 0.15) is 5.82 Å². The number of carbonyl (C=O) groups excluding carboxylic acids is 2. The van der Waals surface area contributed by atoms with Crippen molar-refractivity contribution in [2.45, 2.75) is 19.9 Å². The lowest BCUT2D eigenvalue weighted by atomic mass is 10.0. The largest absolute Gasteiger partial charge is 0.346 e. The zero-order chi connectivity index (χ0) is 16.1. The Morgan fingerprint density at radius 2 is 2.00 bits per heavy atom. The monoisotopic (exact) mass is 303 g/mol. The second-order valence-electron chi connectivity index (χ2n) is 5.41. The number of H-pyrrole nitrogens is 1. The van der Waals surface area contributed by atoms with Gasteiger partial charge in [-0.25, -0.2) is 4.98 Å². The van der Waals surface area contributed by atoms with Crippen molar-refractivity contribution < 1.29 is 9.59 Å². The third kappa shape index (κ3) is 3.82. The highest BCUT2D eigenvalue weighted by Crippen LogP contribution is 2.21. The molecule has 1 heterocycles. The van der Waals surface area contributed by atoms with Gasteiger partial charge in [-0.1, -0.05) is 26.0 Å². The Morgan fingerprint density at radius 1 is 1.27 bits per heavy atom. The van der Waals surface area contributed by atoms with Gasteiger partial charge in [-0.05, 0) is 18.1 Å². The summed E-state index contributed by atoms with van der Waals surface area (Å²) >= 11 is 0. The Balaban J connectivity index is 2.09. The molecule has 0 spiro atoms. The van der Waals surface area contributed by atoms with Gasteiger partial charge >= 0.3 is 0 Å². The van der Waals surface area contributed by atoms with E-state index >= 15 is 0 Å². The van der Waals surface area contributed by atoms with Gasteiger partial charge in [0.15, 0.2) is 0 Å². The second-order valence-corrected chi connectivity index (χ2v) is 5.41. The van der Waals surface area contributed by atoms with E-state index in [1.807, 2.05) is 38.1 Å². The van der Waals surface area contributed by atoms with Crippen molar-refractivity contribution in [3.63, 3.8) is 0 Å². The van der Waals surface area contributed by atoms with E-state index in [1.54, 1.807) is 0 Å². The summed E-state index contributed by atoms with van der Waals surface area (Å²) in [7, 11) is 0. The number of fused-ring (bicyclic) bond motifs is 1. The molecule has 0 bridgehead atoms. The number of hydrogen-bond donors (Lipinski definition) is 4. The van der Waals surface area contributed by atoms with Crippen LogP contribution in [0.3, 0.4) is 0 Å². The fourth-order valence-corrected chi connectivity index (χ4v) is 2.15. The van der Waals surface area contributed by atoms with Crippen LogP contribution in [0.4, 0.5) is 0 Å². The van der Waals surface area contributed by atoms with E-state index in [4.69, 9.17) is 5.73 Å². The standard InChI is InChI=1S/C15H21N5O2/c1-9(2)14(20-13(22)8-17-12(21)7-16)15-18-10-5-3-4-6-11(10)19-15/h3-6,9,14H,7-8,16H2,1-2H3,(H,17,21)(H,18,19)(H,20,22). The summed E-state index contributed by atoms with van der Waals surface area (Å²) in [5.74, 6) is 0.213. The van der Waals surface area contributed by atoms with Crippen LogP contribution in [0.2, 0.25) is 0 Å². The maximum absolute atomic E-state index is 12.0. The number of nitrogens with two attached hydrogens (primary N) is 1. The summed E-state index contributed by atoms with van der Waals surface area (Å²) in [5.41, 5.74) is 6.96. The Kier molecular flexibility index (Phi) is 5.11. The first kappa shape index (κ1) is 16.0. The maximum Gasteiger partial charge on any atom is 0.239 e. The number of para-hydroxylation sites is 2. The third-order valence-corrected chi connectivity index (χ3v) is 3.32. The van der Waals surface area contributed by atoms with E-state index in [9.17, 15) is 9.59 Å². The predicted octanol–water partition coefficient (Wildman–Crippen LogP) is 0.451. The van der Waals surface area contributed by atoms with Gasteiger partial charge in [-0.15, -0.1) is 0 Å². The zero-order valence-electron chi connectivity index (χ0n) is 12.7. The van der Waals surface area contributed by atoms with Crippen LogP contribution in [0.1, 0.15) is 25.7 Å². The number of carbonyl (C=O) groups is 2. The molecular weight excluding hydrogens is 282 g/mol. The lowest BCUT2D eigenvalue weighted by Gasteiger charge is -2.20.